The highest BCUT2D eigenvalue weighted by atomic mass is 32.2. The van der Waals surface area contributed by atoms with Crippen LogP contribution in [0.4, 0.5) is 0 Å². The summed E-state index contributed by atoms with van der Waals surface area (Å²) in [6, 6.07) is 0. The Hall–Kier alpha value is 0.0200. The number of aliphatic hydroxyl groups is 1. The van der Waals surface area contributed by atoms with Crippen LogP contribution in [0.25, 0.3) is 0 Å². The van der Waals surface area contributed by atoms with E-state index in [1.165, 1.54) is 6.26 Å². The Morgan fingerprint density at radius 2 is 1.69 bits per heavy atom. The molecule has 0 aromatic rings. The highest BCUT2D eigenvalue weighted by molar-refractivity contribution is 8.01. The fourth-order valence-electron chi connectivity index (χ4n) is 0.802. The molecule has 11 heteroatoms. The van der Waals surface area contributed by atoms with E-state index in [0.29, 0.717) is 0 Å². The van der Waals surface area contributed by atoms with Crippen molar-refractivity contribution in [2.45, 2.75) is 5.08 Å². The van der Waals surface area contributed by atoms with Gasteiger partial charge in [-0.05, 0) is 18.4 Å². The minimum absolute atomic E-state index is 0.851. The maximum atomic E-state index is 11.0. The summed E-state index contributed by atoms with van der Waals surface area (Å²) in [6.07, 6.45) is 1.45. The second kappa shape index (κ2) is 5.12. The third kappa shape index (κ3) is 2.82. The molecular formula is C5H11NO7P2S. The number of hydrogen-bond donors (Lipinski definition) is 5. The van der Waals surface area contributed by atoms with Gasteiger partial charge in [-0.1, -0.05) is 0 Å². The summed E-state index contributed by atoms with van der Waals surface area (Å²) in [5.74, 6) is 0. The predicted octanol–water partition coefficient (Wildman–Crippen LogP) is -0.107. The number of nitrogens with zero attached hydrogens (tertiary/aromatic N) is 1. The monoisotopic (exact) mass is 291 g/mol. The lowest BCUT2D eigenvalue weighted by atomic mass is 10.5. The molecule has 0 amide bonds. The zero-order valence-electron chi connectivity index (χ0n) is 8.09. The van der Waals surface area contributed by atoms with Crippen LogP contribution in [-0.2, 0) is 9.13 Å². The Kier molecular flexibility index (Phi) is 5.12. The van der Waals surface area contributed by atoms with Gasteiger partial charge in [0, 0.05) is 0 Å². The molecule has 0 aliphatic rings. The lowest BCUT2D eigenvalue weighted by Crippen LogP contribution is -2.30. The molecule has 0 aliphatic heterocycles. The molecule has 0 saturated heterocycles. The summed E-state index contributed by atoms with van der Waals surface area (Å²) >= 11 is 0.851. The fourth-order valence-corrected chi connectivity index (χ4v) is 3.67. The first-order valence-electron chi connectivity index (χ1n) is 3.56. The molecule has 0 radical (unpaired) electrons. The first-order chi connectivity index (χ1) is 7.02. The first kappa shape index (κ1) is 16.0. The van der Waals surface area contributed by atoms with E-state index in [-0.39, 0.29) is 0 Å². The highest BCUT2D eigenvalue weighted by Gasteiger charge is 2.62. The van der Waals surface area contributed by atoms with Gasteiger partial charge in [0.15, 0.2) is 0 Å². The summed E-state index contributed by atoms with van der Waals surface area (Å²) in [7, 11) is -11.1. The van der Waals surface area contributed by atoms with Gasteiger partial charge in [0.25, 0.3) is 0 Å². The average Bonchev–Trinajstić information content (AvgIpc) is 2.09. The number of thioether (sulfide) groups is 1. The van der Waals surface area contributed by atoms with Gasteiger partial charge in [0.05, 0.1) is 0 Å². The van der Waals surface area contributed by atoms with Crippen molar-refractivity contribution in [3.05, 3.63) is 11.1 Å². The van der Waals surface area contributed by atoms with Crippen LogP contribution in [0.1, 0.15) is 0 Å². The van der Waals surface area contributed by atoms with Crippen LogP contribution >= 0.6 is 27.0 Å². The minimum atomic E-state index is -5.53. The first-order valence-corrected chi connectivity index (χ1v) is 8.07. The Labute approximate surface area is 95.4 Å². The predicted molar refractivity (Wildman–Crippen MR) is 60.2 cm³/mol. The highest BCUT2D eigenvalue weighted by Crippen LogP contribution is 2.70. The van der Waals surface area contributed by atoms with Gasteiger partial charge in [-0.3, -0.25) is 14.1 Å². The van der Waals surface area contributed by atoms with Crippen LogP contribution in [0.15, 0.2) is 16.1 Å². The average molecular weight is 291 g/mol. The number of rotatable bonds is 5. The number of aliphatic imine (C=N–C) groups is 1. The minimum Gasteiger partial charge on any atom is -0.363 e. The maximum Gasteiger partial charge on any atom is 0.375 e. The summed E-state index contributed by atoms with van der Waals surface area (Å²) < 4.78 is 22.0. The van der Waals surface area contributed by atoms with Crippen molar-refractivity contribution in [2.75, 3.05) is 6.26 Å². The van der Waals surface area contributed by atoms with Crippen molar-refractivity contribution in [3.63, 3.8) is 0 Å². The van der Waals surface area contributed by atoms with Gasteiger partial charge >= 0.3 is 20.3 Å². The van der Waals surface area contributed by atoms with Gasteiger partial charge in [-0.2, -0.15) is 0 Å². The normalized spacial score (nSPS) is 15.0. The molecule has 0 bridgehead atoms. The molecule has 8 nitrogen and oxygen atoms in total. The van der Waals surface area contributed by atoms with E-state index < -0.39 is 26.0 Å². The largest absolute Gasteiger partial charge is 0.375 e. The summed E-state index contributed by atoms with van der Waals surface area (Å²) in [5.41, 5.74) is -0.873. The SMILES string of the molecule is C=NC(=CSC)C(O)(P(=O)(O)O)P(=O)(O)O. The van der Waals surface area contributed by atoms with Gasteiger partial charge in [0.1, 0.15) is 5.70 Å². The van der Waals surface area contributed by atoms with Crippen LogP contribution in [0.3, 0.4) is 0 Å². The van der Waals surface area contributed by atoms with Crippen LogP contribution in [-0.4, -0.2) is 42.7 Å². The Morgan fingerprint density at radius 1 is 1.31 bits per heavy atom. The summed E-state index contributed by atoms with van der Waals surface area (Å²) in [6.45, 7) is 2.89. The molecule has 0 saturated carbocycles. The second-order valence-corrected chi connectivity index (χ2v) is 7.15. The van der Waals surface area contributed by atoms with E-state index in [0.717, 1.165) is 17.2 Å². The molecule has 16 heavy (non-hydrogen) atoms. The van der Waals surface area contributed by atoms with Gasteiger partial charge < -0.3 is 24.7 Å². The van der Waals surface area contributed by atoms with E-state index in [4.69, 9.17) is 19.6 Å². The van der Waals surface area contributed by atoms with E-state index in [1.807, 2.05) is 0 Å². The molecule has 0 aromatic heterocycles. The van der Waals surface area contributed by atoms with Crippen LogP contribution in [0.2, 0.25) is 0 Å². The zero-order chi connectivity index (χ0) is 13.2. The standard InChI is InChI=1S/C5H11NO7P2S/c1-6-4(3-16-2)5(7,14(8,9)10)15(11,12)13/h3,7H,1H2,2H3,(H2,8,9,10)(H2,11,12,13). The molecule has 0 heterocycles. The second-order valence-electron chi connectivity index (χ2n) is 2.62. The van der Waals surface area contributed by atoms with E-state index in [9.17, 15) is 14.2 Å². The van der Waals surface area contributed by atoms with Crippen molar-refractivity contribution in [3.8, 4) is 0 Å². The molecule has 0 fully saturated rings. The van der Waals surface area contributed by atoms with Crippen molar-refractivity contribution in [2.24, 2.45) is 4.99 Å². The topological polar surface area (TPSA) is 148 Å². The summed E-state index contributed by atoms with van der Waals surface area (Å²) in [4.78, 5) is 38.4. The molecule has 0 rings (SSSR count). The smallest absolute Gasteiger partial charge is 0.363 e. The van der Waals surface area contributed by atoms with Crippen molar-refractivity contribution >= 4 is 33.7 Å². The fraction of sp³-hybridized carbons (Fsp3) is 0.400. The van der Waals surface area contributed by atoms with Crippen molar-refractivity contribution in [1.29, 1.82) is 0 Å². The molecule has 0 aliphatic carbocycles. The quantitative estimate of drug-likeness (QED) is 0.348. The lowest BCUT2D eigenvalue weighted by molar-refractivity contribution is 0.158. The van der Waals surface area contributed by atoms with Crippen LogP contribution in [0.5, 0.6) is 0 Å². The Morgan fingerprint density at radius 3 is 1.88 bits per heavy atom. The van der Waals surface area contributed by atoms with Crippen molar-refractivity contribution < 1.29 is 33.8 Å². The number of hydrogen-bond acceptors (Lipinski definition) is 5. The van der Waals surface area contributed by atoms with Gasteiger partial charge in [-0.15, -0.1) is 11.8 Å². The Bertz CT molecular complexity index is 374. The third-order valence-electron chi connectivity index (χ3n) is 1.56. The van der Waals surface area contributed by atoms with Gasteiger partial charge in [0.2, 0.25) is 0 Å². The maximum absolute atomic E-state index is 11.0. The molecular weight excluding hydrogens is 280 g/mol. The van der Waals surface area contributed by atoms with Gasteiger partial charge in [-0.25, -0.2) is 0 Å². The summed E-state index contributed by atoms with van der Waals surface area (Å²) in [5, 5.41) is 6.77. The molecule has 0 spiro atoms. The molecule has 0 unspecified atom stereocenters. The van der Waals surface area contributed by atoms with Crippen molar-refractivity contribution in [1.82, 2.24) is 0 Å². The van der Waals surface area contributed by atoms with Crippen LogP contribution < -0.4 is 0 Å². The molecule has 0 atom stereocenters. The van der Waals surface area contributed by atoms with Crippen LogP contribution in [0, 0.1) is 0 Å². The lowest BCUT2D eigenvalue weighted by Gasteiger charge is -2.29. The Balaban J connectivity index is 6.00. The molecule has 5 N–H and O–H groups in total. The van der Waals surface area contributed by atoms with E-state index in [2.05, 4.69) is 11.7 Å². The van der Waals surface area contributed by atoms with E-state index >= 15 is 0 Å². The molecule has 0 aromatic carbocycles. The zero-order valence-corrected chi connectivity index (χ0v) is 10.7. The van der Waals surface area contributed by atoms with E-state index in [1.54, 1.807) is 0 Å². The molecule has 94 valence electrons. The third-order valence-corrected chi connectivity index (χ3v) is 5.66.